The Kier molecular flexibility index (Phi) is 6.49. The Hall–Kier alpha value is -2.67. The molecule has 33 heavy (non-hydrogen) atoms. The van der Waals surface area contributed by atoms with Crippen molar-refractivity contribution in [3.8, 4) is 11.1 Å². The van der Waals surface area contributed by atoms with Crippen molar-refractivity contribution in [3.05, 3.63) is 71.3 Å². The van der Waals surface area contributed by atoms with Crippen LogP contribution >= 0.6 is 0 Å². The number of ether oxygens (including phenoxy) is 4. The third-order valence-corrected chi connectivity index (χ3v) is 7.05. The lowest BCUT2D eigenvalue weighted by atomic mass is 9.92. The topological polar surface area (TPSA) is 57.2 Å². The van der Waals surface area contributed by atoms with Gasteiger partial charge in [-0.25, -0.2) is 4.79 Å². The minimum Gasteiger partial charge on any atom is -0.448 e. The zero-order valence-corrected chi connectivity index (χ0v) is 19.2. The van der Waals surface area contributed by atoms with Crippen molar-refractivity contribution in [2.45, 2.75) is 43.6 Å². The molecule has 1 fully saturated rings. The fourth-order valence-electron chi connectivity index (χ4n) is 5.46. The van der Waals surface area contributed by atoms with Crippen LogP contribution in [0.2, 0.25) is 0 Å². The van der Waals surface area contributed by atoms with Crippen LogP contribution in [0.1, 0.15) is 36.3 Å². The van der Waals surface area contributed by atoms with Gasteiger partial charge in [-0.15, -0.1) is 0 Å². The molecule has 2 bridgehead atoms. The van der Waals surface area contributed by atoms with E-state index < -0.39 is 0 Å². The molecule has 3 aliphatic rings. The summed E-state index contributed by atoms with van der Waals surface area (Å²) in [6, 6.07) is 16.7. The highest BCUT2D eigenvalue weighted by atomic mass is 16.7. The van der Waals surface area contributed by atoms with Crippen LogP contribution in [0.15, 0.2) is 60.2 Å². The van der Waals surface area contributed by atoms with Crippen LogP contribution in [-0.4, -0.2) is 63.4 Å². The summed E-state index contributed by atoms with van der Waals surface area (Å²) in [5, 5.41) is 0. The molecule has 6 nitrogen and oxygen atoms in total. The summed E-state index contributed by atoms with van der Waals surface area (Å²) in [7, 11) is 3.32. The highest BCUT2D eigenvalue weighted by Gasteiger charge is 2.39. The minimum atomic E-state index is -0.253. The van der Waals surface area contributed by atoms with E-state index in [0.717, 1.165) is 19.3 Å². The molecule has 0 aromatic heterocycles. The number of carbonyl (C=O) groups is 1. The van der Waals surface area contributed by atoms with Gasteiger partial charge in [0.05, 0.1) is 25.3 Å². The Morgan fingerprint density at radius 1 is 1.03 bits per heavy atom. The van der Waals surface area contributed by atoms with Crippen LogP contribution in [0.4, 0.5) is 4.79 Å². The zero-order valence-electron chi connectivity index (χ0n) is 19.2. The molecule has 6 heteroatoms. The standard InChI is InChI=1S/C27H31NO5/c1-30-26(31-2)12-11-18-13-19-15-32-16-20(14-18)28(19)27(29)33-17-25-23-9-5-3-7-21(23)22-8-4-6-10-24(22)25/h3-10,13,19-20,25-26H,11-12,14-17H2,1-2H3. The molecule has 0 N–H and O–H groups in total. The van der Waals surface area contributed by atoms with E-state index in [1.807, 2.05) is 4.90 Å². The maximum absolute atomic E-state index is 13.2. The molecule has 2 aliphatic heterocycles. The van der Waals surface area contributed by atoms with E-state index in [1.54, 1.807) is 14.2 Å². The van der Waals surface area contributed by atoms with Gasteiger partial charge in [-0.05, 0) is 35.1 Å². The molecule has 1 amide bonds. The third-order valence-electron chi connectivity index (χ3n) is 7.05. The lowest BCUT2D eigenvalue weighted by Crippen LogP contribution is -2.56. The van der Waals surface area contributed by atoms with Crippen molar-refractivity contribution >= 4 is 6.09 Å². The first kappa shape index (κ1) is 22.1. The Balaban J connectivity index is 1.27. The molecule has 2 atom stereocenters. The third kappa shape index (κ3) is 4.31. The number of rotatable bonds is 7. The van der Waals surface area contributed by atoms with E-state index in [0.29, 0.717) is 19.8 Å². The molecule has 0 spiro atoms. The van der Waals surface area contributed by atoms with Crippen LogP contribution in [0.3, 0.4) is 0 Å². The first-order chi connectivity index (χ1) is 16.2. The van der Waals surface area contributed by atoms with Gasteiger partial charge in [0.15, 0.2) is 6.29 Å². The average molecular weight is 450 g/mol. The second-order valence-electron chi connectivity index (χ2n) is 8.94. The lowest BCUT2D eigenvalue weighted by molar-refractivity contribution is -0.106. The number of carbonyl (C=O) groups excluding carboxylic acids is 1. The summed E-state index contributed by atoms with van der Waals surface area (Å²) >= 11 is 0. The van der Waals surface area contributed by atoms with Gasteiger partial charge in [-0.1, -0.05) is 60.2 Å². The zero-order chi connectivity index (χ0) is 22.8. The summed E-state index contributed by atoms with van der Waals surface area (Å²) in [6.07, 6.45) is 4.18. The van der Waals surface area contributed by atoms with Crippen LogP contribution in [0.25, 0.3) is 11.1 Å². The fourth-order valence-corrected chi connectivity index (χ4v) is 5.46. The van der Waals surface area contributed by atoms with Crippen molar-refractivity contribution in [1.82, 2.24) is 4.90 Å². The van der Waals surface area contributed by atoms with Gasteiger partial charge in [0.1, 0.15) is 6.61 Å². The molecular weight excluding hydrogens is 418 g/mol. The van der Waals surface area contributed by atoms with Gasteiger partial charge in [0, 0.05) is 26.6 Å². The highest BCUT2D eigenvalue weighted by Crippen LogP contribution is 2.44. The molecule has 1 aliphatic carbocycles. The number of benzene rings is 2. The van der Waals surface area contributed by atoms with Gasteiger partial charge in [0.25, 0.3) is 0 Å². The van der Waals surface area contributed by atoms with E-state index in [-0.39, 0.29) is 30.4 Å². The number of hydrogen-bond donors (Lipinski definition) is 0. The van der Waals surface area contributed by atoms with Crippen LogP contribution < -0.4 is 0 Å². The molecule has 1 saturated heterocycles. The number of hydrogen-bond acceptors (Lipinski definition) is 5. The van der Waals surface area contributed by atoms with Gasteiger partial charge in [-0.3, -0.25) is 4.90 Å². The monoisotopic (exact) mass is 449 g/mol. The molecule has 5 rings (SSSR count). The molecule has 2 unspecified atom stereocenters. The van der Waals surface area contributed by atoms with Gasteiger partial charge in [0.2, 0.25) is 0 Å². The summed E-state index contributed by atoms with van der Waals surface area (Å²) in [5.41, 5.74) is 6.24. The van der Waals surface area contributed by atoms with E-state index in [9.17, 15) is 4.79 Å². The summed E-state index contributed by atoms with van der Waals surface area (Å²) in [6.45, 7) is 1.38. The average Bonchev–Trinajstić information content (AvgIpc) is 3.16. The smallest absolute Gasteiger partial charge is 0.410 e. The first-order valence-corrected chi connectivity index (χ1v) is 11.7. The Bertz CT molecular complexity index is 985. The second kappa shape index (κ2) is 9.67. The van der Waals surface area contributed by atoms with E-state index in [4.69, 9.17) is 18.9 Å². The Morgan fingerprint density at radius 3 is 2.33 bits per heavy atom. The molecular formula is C27H31NO5. The number of fused-ring (bicyclic) bond motifs is 5. The normalized spacial score (nSPS) is 21.5. The maximum atomic E-state index is 13.2. The molecule has 2 heterocycles. The molecule has 2 aromatic rings. The van der Waals surface area contributed by atoms with Crippen LogP contribution in [0.5, 0.6) is 0 Å². The molecule has 0 radical (unpaired) electrons. The lowest BCUT2D eigenvalue weighted by Gasteiger charge is -2.44. The Labute approximate surface area is 195 Å². The van der Waals surface area contributed by atoms with Crippen molar-refractivity contribution in [1.29, 1.82) is 0 Å². The summed E-state index contributed by atoms with van der Waals surface area (Å²) in [5.74, 6) is 0.0633. The van der Waals surface area contributed by atoms with Gasteiger partial charge < -0.3 is 18.9 Å². The van der Waals surface area contributed by atoms with Crippen molar-refractivity contribution in [2.75, 3.05) is 34.0 Å². The van der Waals surface area contributed by atoms with Crippen molar-refractivity contribution in [3.63, 3.8) is 0 Å². The number of morpholine rings is 1. The first-order valence-electron chi connectivity index (χ1n) is 11.7. The maximum Gasteiger partial charge on any atom is 0.410 e. The van der Waals surface area contributed by atoms with Crippen molar-refractivity contribution in [2.24, 2.45) is 0 Å². The largest absolute Gasteiger partial charge is 0.448 e. The number of methoxy groups -OCH3 is 2. The predicted molar refractivity (Wildman–Crippen MR) is 125 cm³/mol. The van der Waals surface area contributed by atoms with E-state index in [2.05, 4.69) is 54.6 Å². The Morgan fingerprint density at radius 2 is 1.70 bits per heavy atom. The number of nitrogens with zero attached hydrogens (tertiary/aromatic N) is 1. The van der Waals surface area contributed by atoms with Crippen LogP contribution in [-0.2, 0) is 18.9 Å². The molecule has 174 valence electrons. The SMILES string of the molecule is COC(CCC1=CC2COCC(C1)N2C(=O)OCC1c2ccccc2-c2ccccc21)OC. The van der Waals surface area contributed by atoms with E-state index in [1.165, 1.54) is 27.8 Å². The van der Waals surface area contributed by atoms with Gasteiger partial charge in [-0.2, -0.15) is 0 Å². The summed E-state index contributed by atoms with van der Waals surface area (Å²) < 4.78 is 22.3. The quantitative estimate of drug-likeness (QED) is 0.452. The summed E-state index contributed by atoms with van der Waals surface area (Å²) in [4.78, 5) is 15.1. The number of amides is 1. The second-order valence-corrected chi connectivity index (χ2v) is 8.94. The predicted octanol–water partition coefficient (Wildman–Crippen LogP) is 4.73. The van der Waals surface area contributed by atoms with Crippen LogP contribution in [0, 0.1) is 0 Å². The highest BCUT2D eigenvalue weighted by molar-refractivity contribution is 5.79. The molecule has 2 aromatic carbocycles. The minimum absolute atomic E-state index is 0.00272. The molecule has 0 saturated carbocycles. The van der Waals surface area contributed by atoms with Crippen molar-refractivity contribution < 1.29 is 23.7 Å². The van der Waals surface area contributed by atoms with E-state index >= 15 is 0 Å². The fraction of sp³-hybridized carbons (Fsp3) is 0.444. The van der Waals surface area contributed by atoms with Gasteiger partial charge >= 0.3 is 6.09 Å².